The average molecular weight is 435 g/mol. The maximum absolute atomic E-state index is 12.8. The number of methoxy groups -OCH3 is 1. The molecule has 168 valence electrons. The Bertz CT molecular complexity index is 1060. The van der Waals surface area contributed by atoms with Crippen LogP contribution in [0.3, 0.4) is 0 Å². The molecule has 4 rings (SSSR count). The molecule has 1 aliphatic heterocycles. The van der Waals surface area contributed by atoms with E-state index in [1.807, 2.05) is 41.6 Å². The number of carbonyl (C=O) groups is 1. The Morgan fingerprint density at radius 1 is 1.16 bits per heavy atom. The summed E-state index contributed by atoms with van der Waals surface area (Å²) in [6.45, 7) is 6.23. The predicted molar refractivity (Wildman–Crippen MR) is 122 cm³/mol. The van der Waals surface area contributed by atoms with Crippen LogP contribution in [-0.2, 0) is 22.5 Å². The van der Waals surface area contributed by atoms with Crippen LogP contribution in [-0.4, -0.2) is 52.4 Å². The van der Waals surface area contributed by atoms with Crippen LogP contribution in [0.25, 0.3) is 0 Å². The zero-order valence-electron chi connectivity index (χ0n) is 19.0. The number of amides is 1. The number of hydrogen-bond donors (Lipinski definition) is 0. The molecule has 0 N–H and O–H groups in total. The predicted octanol–water partition coefficient (Wildman–Crippen LogP) is 3.48. The summed E-state index contributed by atoms with van der Waals surface area (Å²) >= 11 is 0. The number of ether oxygens (including phenoxy) is 2. The number of benzene rings is 1. The van der Waals surface area contributed by atoms with Crippen LogP contribution in [0.15, 0.2) is 48.7 Å². The molecular weight excluding hydrogens is 404 g/mol. The summed E-state index contributed by atoms with van der Waals surface area (Å²) < 4.78 is 13.1. The molecule has 32 heavy (non-hydrogen) atoms. The molecule has 0 spiro atoms. The largest absolute Gasteiger partial charge is 0.497 e. The third-order valence-corrected chi connectivity index (χ3v) is 5.82. The highest BCUT2D eigenvalue weighted by Gasteiger charge is 2.26. The van der Waals surface area contributed by atoms with Gasteiger partial charge in [0.15, 0.2) is 0 Å². The normalized spacial score (nSPS) is 16.2. The van der Waals surface area contributed by atoms with Crippen molar-refractivity contribution in [3.05, 3.63) is 76.9 Å². The summed E-state index contributed by atoms with van der Waals surface area (Å²) in [4.78, 5) is 19.4. The molecule has 1 amide bonds. The minimum absolute atomic E-state index is 0.124. The molecule has 0 unspecified atom stereocenters. The van der Waals surface area contributed by atoms with Crippen molar-refractivity contribution >= 4 is 5.91 Å². The first-order chi connectivity index (χ1) is 15.5. The first-order valence-corrected chi connectivity index (χ1v) is 11.0. The number of morpholine rings is 1. The third-order valence-electron chi connectivity index (χ3n) is 5.82. The second-order valence-electron chi connectivity index (χ2n) is 8.21. The van der Waals surface area contributed by atoms with E-state index in [4.69, 9.17) is 14.5 Å². The van der Waals surface area contributed by atoms with Gasteiger partial charge in [-0.25, -0.2) is 0 Å². The van der Waals surface area contributed by atoms with Gasteiger partial charge in [-0.2, -0.15) is 5.10 Å². The van der Waals surface area contributed by atoms with Crippen LogP contribution in [0, 0.1) is 13.8 Å². The minimum atomic E-state index is -0.214. The molecule has 1 fully saturated rings. The summed E-state index contributed by atoms with van der Waals surface area (Å²) in [6, 6.07) is 14.3. The van der Waals surface area contributed by atoms with Crippen LogP contribution in [0.2, 0.25) is 0 Å². The highest BCUT2D eigenvalue weighted by atomic mass is 16.5. The lowest BCUT2D eigenvalue weighted by Crippen LogP contribution is -2.42. The van der Waals surface area contributed by atoms with Crippen LogP contribution in [0.1, 0.15) is 40.7 Å². The summed E-state index contributed by atoms with van der Waals surface area (Å²) in [5, 5.41) is 4.26. The number of nitrogens with zero attached hydrogens (tertiary/aromatic N) is 4. The van der Waals surface area contributed by atoms with E-state index in [9.17, 15) is 4.79 Å². The smallest absolute Gasteiger partial charge is 0.224 e. The summed E-state index contributed by atoms with van der Waals surface area (Å²) in [5.41, 5.74) is 5.28. The molecule has 1 saturated heterocycles. The van der Waals surface area contributed by atoms with Gasteiger partial charge in [0.1, 0.15) is 11.9 Å². The van der Waals surface area contributed by atoms with Gasteiger partial charge in [0.25, 0.3) is 0 Å². The second kappa shape index (κ2) is 9.96. The molecule has 0 radical (unpaired) electrons. The topological polar surface area (TPSA) is 69.5 Å². The van der Waals surface area contributed by atoms with Crippen molar-refractivity contribution in [2.75, 3.05) is 26.8 Å². The van der Waals surface area contributed by atoms with Crippen molar-refractivity contribution in [3.63, 3.8) is 0 Å². The monoisotopic (exact) mass is 434 g/mol. The lowest BCUT2D eigenvalue weighted by atomic mass is 10.0. The maximum atomic E-state index is 12.8. The Labute approximate surface area is 189 Å². The summed E-state index contributed by atoms with van der Waals surface area (Å²) in [7, 11) is 1.67. The van der Waals surface area contributed by atoms with Crippen LogP contribution >= 0.6 is 0 Å². The standard InChI is InChI=1S/C25H30N4O3/c1-18-14-21(15-20-4-6-22(31-3)7-5-20)16-23(27-18)24-17-28(12-13-32-24)25(30)9-11-29-19(2)8-10-26-29/h4-8,10,14,16,24H,9,11-13,15,17H2,1-3H3/t24-/m0/s1. The number of pyridine rings is 1. The SMILES string of the molecule is COc1ccc(Cc2cc(C)nc([C@@H]3CN(C(=O)CCn4nccc4C)CCO3)c2)cc1. The van der Waals surface area contributed by atoms with Gasteiger partial charge < -0.3 is 14.4 Å². The van der Waals surface area contributed by atoms with E-state index in [-0.39, 0.29) is 12.0 Å². The Balaban J connectivity index is 1.42. The van der Waals surface area contributed by atoms with Gasteiger partial charge in [0, 0.05) is 37.1 Å². The Hall–Kier alpha value is -3.19. The Morgan fingerprint density at radius 3 is 2.69 bits per heavy atom. The van der Waals surface area contributed by atoms with E-state index in [0.717, 1.165) is 29.3 Å². The molecule has 1 atom stereocenters. The molecule has 7 heteroatoms. The molecule has 3 heterocycles. The van der Waals surface area contributed by atoms with E-state index in [1.54, 1.807) is 13.3 Å². The van der Waals surface area contributed by atoms with E-state index in [1.165, 1.54) is 11.1 Å². The van der Waals surface area contributed by atoms with E-state index in [2.05, 4.69) is 29.4 Å². The Morgan fingerprint density at radius 2 is 1.97 bits per heavy atom. The van der Waals surface area contributed by atoms with Gasteiger partial charge >= 0.3 is 0 Å². The molecule has 0 saturated carbocycles. The lowest BCUT2D eigenvalue weighted by molar-refractivity contribution is -0.139. The first kappa shape index (κ1) is 22.0. The zero-order valence-corrected chi connectivity index (χ0v) is 19.0. The fourth-order valence-electron chi connectivity index (χ4n) is 4.06. The van der Waals surface area contributed by atoms with Crippen LogP contribution in [0.5, 0.6) is 5.75 Å². The molecule has 2 aromatic heterocycles. The second-order valence-corrected chi connectivity index (χ2v) is 8.21. The van der Waals surface area contributed by atoms with Crippen LogP contribution < -0.4 is 4.74 Å². The quantitative estimate of drug-likeness (QED) is 0.569. The van der Waals surface area contributed by atoms with Gasteiger partial charge in [0.2, 0.25) is 5.91 Å². The summed E-state index contributed by atoms with van der Waals surface area (Å²) in [5.74, 6) is 0.975. The minimum Gasteiger partial charge on any atom is -0.497 e. The molecule has 0 bridgehead atoms. The molecule has 0 aliphatic carbocycles. The molecular formula is C25H30N4O3. The number of carbonyl (C=O) groups excluding carboxylic acids is 1. The fourth-order valence-corrected chi connectivity index (χ4v) is 4.06. The number of rotatable bonds is 7. The van der Waals surface area contributed by atoms with Gasteiger partial charge in [0.05, 0.1) is 26.0 Å². The fraction of sp³-hybridized carbons (Fsp3) is 0.400. The van der Waals surface area contributed by atoms with E-state index >= 15 is 0 Å². The van der Waals surface area contributed by atoms with Crippen molar-refractivity contribution in [2.24, 2.45) is 0 Å². The number of hydrogen-bond acceptors (Lipinski definition) is 5. The molecule has 7 nitrogen and oxygen atoms in total. The third kappa shape index (κ3) is 5.34. The zero-order chi connectivity index (χ0) is 22.5. The van der Waals surface area contributed by atoms with Crippen LogP contribution in [0.4, 0.5) is 0 Å². The highest BCUT2D eigenvalue weighted by Crippen LogP contribution is 2.24. The van der Waals surface area contributed by atoms with Gasteiger partial charge in [-0.3, -0.25) is 14.5 Å². The van der Waals surface area contributed by atoms with E-state index in [0.29, 0.717) is 32.7 Å². The van der Waals surface area contributed by atoms with Crippen molar-refractivity contribution in [3.8, 4) is 5.75 Å². The van der Waals surface area contributed by atoms with Gasteiger partial charge in [-0.15, -0.1) is 0 Å². The first-order valence-electron chi connectivity index (χ1n) is 11.0. The van der Waals surface area contributed by atoms with Crippen molar-refractivity contribution in [1.82, 2.24) is 19.7 Å². The average Bonchev–Trinajstić information content (AvgIpc) is 3.22. The van der Waals surface area contributed by atoms with Gasteiger partial charge in [-0.1, -0.05) is 12.1 Å². The molecule has 1 aromatic carbocycles. The number of aryl methyl sites for hydroxylation is 3. The highest BCUT2D eigenvalue weighted by molar-refractivity contribution is 5.76. The van der Waals surface area contributed by atoms with Crippen molar-refractivity contribution < 1.29 is 14.3 Å². The van der Waals surface area contributed by atoms with Gasteiger partial charge in [-0.05, 0) is 61.7 Å². The number of aromatic nitrogens is 3. The summed E-state index contributed by atoms with van der Waals surface area (Å²) in [6.07, 6.45) is 2.78. The van der Waals surface area contributed by atoms with Crippen molar-refractivity contribution in [1.29, 1.82) is 0 Å². The Kier molecular flexibility index (Phi) is 6.85. The lowest BCUT2D eigenvalue weighted by Gasteiger charge is -2.33. The van der Waals surface area contributed by atoms with E-state index < -0.39 is 0 Å². The molecule has 1 aliphatic rings. The maximum Gasteiger partial charge on any atom is 0.224 e. The molecule has 3 aromatic rings. The van der Waals surface area contributed by atoms with Crippen molar-refractivity contribution in [2.45, 2.75) is 39.3 Å².